The van der Waals surface area contributed by atoms with Crippen molar-refractivity contribution in [1.82, 2.24) is 10.2 Å². The number of fused-ring (bicyclic) bond motifs is 1. The van der Waals surface area contributed by atoms with Crippen LogP contribution < -0.4 is 4.90 Å². The molecule has 1 saturated heterocycles. The van der Waals surface area contributed by atoms with Crippen molar-refractivity contribution in [3.05, 3.63) is 34.9 Å². The van der Waals surface area contributed by atoms with Gasteiger partial charge in [-0.25, -0.2) is 0 Å². The number of anilines is 1. The molecule has 1 aromatic carbocycles. The van der Waals surface area contributed by atoms with Gasteiger partial charge in [0.05, 0.1) is 25.0 Å². The van der Waals surface area contributed by atoms with Crippen molar-refractivity contribution in [2.45, 2.75) is 32.3 Å². The molecule has 1 aliphatic carbocycles. The highest BCUT2D eigenvalue weighted by Crippen LogP contribution is 2.38. The van der Waals surface area contributed by atoms with E-state index >= 15 is 0 Å². The van der Waals surface area contributed by atoms with E-state index in [2.05, 4.69) is 21.2 Å². The molecular formula is C19H23N3O3. The van der Waals surface area contributed by atoms with Crippen LogP contribution in [-0.2, 0) is 17.6 Å². The Kier molecular flexibility index (Phi) is 4.31. The van der Waals surface area contributed by atoms with E-state index in [1.165, 1.54) is 5.56 Å². The quantitative estimate of drug-likeness (QED) is 0.887. The van der Waals surface area contributed by atoms with E-state index in [1.54, 1.807) is 0 Å². The average molecular weight is 341 g/mol. The predicted octanol–water partition coefficient (Wildman–Crippen LogP) is 1.84. The summed E-state index contributed by atoms with van der Waals surface area (Å²) in [6.07, 6.45) is 2.88. The van der Waals surface area contributed by atoms with E-state index in [-0.39, 0.29) is 12.7 Å². The molecule has 1 fully saturated rings. The largest absolute Gasteiger partial charge is 0.507 e. The van der Waals surface area contributed by atoms with Gasteiger partial charge in [-0.15, -0.1) is 10.2 Å². The molecule has 0 saturated carbocycles. The lowest BCUT2D eigenvalue weighted by Gasteiger charge is -2.32. The molecule has 0 amide bonds. The molecule has 25 heavy (non-hydrogen) atoms. The van der Waals surface area contributed by atoms with Gasteiger partial charge in [-0.3, -0.25) is 0 Å². The number of phenols is 1. The summed E-state index contributed by atoms with van der Waals surface area (Å²) in [5.74, 6) is 1.13. The van der Waals surface area contributed by atoms with Gasteiger partial charge >= 0.3 is 0 Å². The van der Waals surface area contributed by atoms with Crippen molar-refractivity contribution < 1.29 is 14.9 Å². The van der Waals surface area contributed by atoms with Crippen LogP contribution in [0, 0.1) is 6.92 Å². The minimum absolute atomic E-state index is 0.00396. The van der Waals surface area contributed by atoms with Gasteiger partial charge in [-0.1, -0.05) is 6.07 Å². The number of hydrogen-bond donors (Lipinski definition) is 2. The van der Waals surface area contributed by atoms with Crippen LogP contribution in [0.1, 0.15) is 23.1 Å². The van der Waals surface area contributed by atoms with Crippen molar-refractivity contribution in [2.24, 2.45) is 0 Å². The molecule has 132 valence electrons. The zero-order valence-electron chi connectivity index (χ0n) is 14.4. The Labute approximate surface area is 147 Å². The first kappa shape index (κ1) is 16.3. The van der Waals surface area contributed by atoms with Crippen LogP contribution in [0.3, 0.4) is 0 Å². The Morgan fingerprint density at radius 3 is 2.96 bits per heavy atom. The van der Waals surface area contributed by atoms with Crippen molar-refractivity contribution in [3.63, 3.8) is 0 Å². The van der Waals surface area contributed by atoms with Crippen molar-refractivity contribution >= 4 is 5.82 Å². The number of aryl methyl sites for hydroxylation is 2. The van der Waals surface area contributed by atoms with Crippen LogP contribution >= 0.6 is 0 Å². The highest BCUT2D eigenvalue weighted by molar-refractivity contribution is 5.73. The number of aliphatic hydroxyl groups excluding tert-OH is 1. The van der Waals surface area contributed by atoms with E-state index in [0.717, 1.165) is 54.0 Å². The van der Waals surface area contributed by atoms with Crippen molar-refractivity contribution in [1.29, 1.82) is 0 Å². The molecule has 1 aliphatic heterocycles. The Balaban J connectivity index is 1.65. The maximum atomic E-state index is 10.6. The maximum Gasteiger partial charge on any atom is 0.151 e. The lowest BCUT2D eigenvalue weighted by Crippen LogP contribution is -2.44. The third-order valence-corrected chi connectivity index (χ3v) is 5.15. The zero-order valence-corrected chi connectivity index (χ0v) is 14.4. The monoisotopic (exact) mass is 341 g/mol. The number of hydrogen-bond acceptors (Lipinski definition) is 6. The highest BCUT2D eigenvalue weighted by atomic mass is 16.5. The van der Waals surface area contributed by atoms with Gasteiger partial charge in [-0.05, 0) is 55.0 Å². The summed E-state index contributed by atoms with van der Waals surface area (Å²) < 4.78 is 5.49. The molecule has 2 aromatic rings. The van der Waals surface area contributed by atoms with Gasteiger partial charge in [0.1, 0.15) is 5.75 Å². The van der Waals surface area contributed by atoms with Crippen LogP contribution in [0.2, 0.25) is 0 Å². The molecular weight excluding hydrogens is 318 g/mol. The van der Waals surface area contributed by atoms with E-state index < -0.39 is 0 Å². The number of aliphatic hydroxyl groups is 1. The first-order valence-electron chi connectivity index (χ1n) is 8.83. The van der Waals surface area contributed by atoms with Gasteiger partial charge in [0.2, 0.25) is 0 Å². The minimum Gasteiger partial charge on any atom is -0.507 e. The van der Waals surface area contributed by atoms with Crippen LogP contribution in [0.5, 0.6) is 5.75 Å². The molecule has 1 aromatic heterocycles. The smallest absolute Gasteiger partial charge is 0.151 e. The van der Waals surface area contributed by atoms with Gasteiger partial charge in [0.15, 0.2) is 5.82 Å². The van der Waals surface area contributed by atoms with Gasteiger partial charge in [-0.2, -0.15) is 0 Å². The molecule has 4 rings (SSSR count). The van der Waals surface area contributed by atoms with E-state index in [9.17, 15) is 10.2 Å². The lowest BCUT2D eigenvalue weighted by atomic mass is 10.00. The molecule has 6 heteroatoms. The maximum absolute atomic E-state index is 10.6. The van der Waals surface area contributed by atoms with E-state index in [1.807, 2.05) is 19.1 Å². The first-order valence-corrected chi connectivity index (χ1v) is 8.83. The molecule has 2 aliphatic rings. The number of morpholine rings is 1. The van der Waals surface area contributed by atoms with Gasteiger partial charge in [0, 0.05) is 18.7 Å². The summed E-state index contributed by atoms with van der Waals surface area (Å²) in [5, 5.41) is 28.7. The van der Waals surface area contributed by atoms with Gasteiger partial charge in [0.25, 0.3) is 0 Å². The second-order valence-corrected chi connectivity index (χ2v) is 6.81. The number of phenolic OH excluding ortho intramolecular Hbond substituents is 1. The van der Waals surface area contributed by atoms with E-state index in [4.69, 9.17) is 4.74 Å². The second kappa shape index (κ2) is 6.61. The highest BCUT2D eigenvalue weighted by Gasteiger charge is 2.23. The molecule has 1 atom stereocenters. The lowest BCUT2D eigenvalue weighted by molar-refractivity contribution is 0.00332. The number of aromatic hydroxyl groups is 1. The zero-order chi connectivity index (χ0) is 17.4. The summed E-state index contributed by atoms with van der Waals surface area (Å²) >= 11 is 0. The number of ether oxygens (including phenoxy) is 1. The van der Waals surface area contributed by atoms with Crippen LogP contribution in [-0.4, -0.2) is 52.8 Å². The summed E-state index contributed by atoms with van der Waals surface area (Å²) in [4.78, 5) is 2.08. The Morgan fingerprint density at radius 2 is 2.16 bits per heavy atom. The van der Waals surface area contributed by atoms with Crippen molar-refractivity contribution in [2.75, 3.05) is 31.2 Å². The number of rotatable bonds is 3. The number of benzene rings is 1. The second-order valence-electron chi connectivity index (χ2n) is 6.81. The molecule has 2 heterocycles. The summed E-state index contributed by atoms with van der Waals surface area (Å²) in [7, 11) is 0. The normalized spacial score (nSPS) is 19.9. The fourth-order valence-electron chi connectivity index (χ4n) is 3.77. The number of nitrogens with zero attached hydrogens (tertiary/aromatic N) is 3. The number of aromatic nitrogens is 2. The average Bonchev–Trinajstić information content (AvgIpc) is 3.12. The first-order chi connectivity index (χ1) is 12.2. The standard InChI is InChI=1S/C19H23N3O3/c1-12-9-17(22-7-8-25-14(10-22)11-23)20-21-18(12)16-6-5-13-3-2-4-15(13)19(16)24/h5-6,9,14,23-24H,2-4,7-8,10-11H2,1H3/t14-/m0/s1. The van der Waals surface area contributed by atoms with E-state index in [0.29, 0.717) is 18.9 Å². The van der Waals surface area contributed by atoms with Crippen LogP contribution in [0.15, 0.2) is 18.2 Å². The Bertz CT molecular complexity index is 794. The third-order valence-electron chi connectivity index (χ3n) is 5.15. The topological polar surface area (TPSA) is 78.7 Å². The molecule has 0 radical (unpaired) electrons. The molecule has 0 spiro atoms. The molecule has 6 nitrogen and oxygen atoms in total. The van der Waals surface area contributed by atoms with Crippen LogP contribution in [0.4, 0.5) is 5.82 Å². The third kappa shape index (κ3) is 2.96. The fraction of sp³-hybridized carbons (Fsp3) is 0.474. The molecule has 2 N–H and O–H groups in total. The Hall–Kier alpha value is -2.18. The predicted molar refractivity (Wildman–Crippen MR) is 94.9 cm³/mol. The minimum atomic E-state index is -0.184. The van der Waals surface area contributed by atoms with Crippen LogP contribution in [0.25, 0.3) is 11.3 Å². The van der Waals surface area contributed by atoms with Crippen molar-refractivity contribution in [3.8, 4) is 17.0 Å². The summed E-state index contributed by atoms with van der Waals surface area (Å²) in [6.45, 7) is 3.90. The fourth-order valence-corrected chi connectivity index (χ4v) is 3.77. The summed E-state index contributed by atoms with van der Waals surface area (Å²) in [6, 6.07) is 6.04. The van der Waals surface area contributed by atoms with Gasteiger partial charge < -0.3 is 19.8 Å². The molecule has 0 unspecified atom stereocenters. The summed E-state index contributed by atoms with van der Waals surface area (Å²) in [5.41, 5.74) is 4.76. The SMILES string of the molecule is Cc1cc(N2CCO[C@H](CO)C2)nnc1-c1ccc2c(c1O)CCC2. The molecule has 0 bridgehead atoms. The Morgan fingerprint density at radius 1 is 1.28 bits per heavy atom.